The zero-order valence-corrected chi connectivity index (χ0v) is 13.1. The molecular weight excluding hydrogens is 300 g/mol. The molecule has 2 saturated heterocycles. The highest BCUT2D eigenvalue weighted by Gasteiger charge is 2.53. The summed E-state index contributed by atoms with van der Waals surface area (Å²) in [5.74, 6) is 0.201. The largest absolute Gasteiger partial charge is 0.459 e. The summed E-state index contributed by atoms with van der Waals surface area (Å²) in [5, 5.41) is 9.04. The summed E-state index contributed by atoms with van der Waals surface area (Å²) >= 11 is 1.64. The molecule has 0 radical (unpaired) electrons. The first-order valence-electron chi connectivity index (χ1n) is 7.16. The van der Waals surface area contributed by atoms with Crippen LogP contribution in [0.25, 0.3) is 0 Å². The smallest absolute Gasteiger partial charge is 0.330 e. The first-order chi connectivity index (χ1) is 10.5. The molecule has 114 valence electrons. The first kappa shape index (κ1) is 14.9. The lowest BCUT2D eigenvalue weighted by atomic mass is 10.1. The summed E-state index contributed by atoms with van der Waals surface area (Å²) in [7, 11) is 0. The number of ether oxygens (including phenoxy) is 1. The highest BCUT2D eigenvalue weighted by Crippen LogP contribution is 2.47. The second-order valence-corrected chi connectivity index (χ2v) is 7.14. The number of hydrogen-bond acceptors (Lipinski definition) is 5. The van der Waals surface area contributed by atoms with Crippen molar-refractivity contribution >= 4 is 23.6 Å². The number of esters is 1. The van der Waals surface area contributed by atoms with Crippen molar-refractivity contribution in [3.8, 4) is 6.07 Å². The van der Waals surface area contributed by atoms with Crippen molar-refractivity contribution in [1.29, 1.82) is 5.26 Å². The van der Waals surface area contributed by atoms with Crippen LogP contribution in [0, 0.1) is 11.3 Å². The van der Waals surface area contributed by atoms with Gasteiger partial charge in [-0.3, -0.25) is 4.79 Å². The van der Waals surface area contributed by atoms with Gasteiger partial charge in [-0.05, 0) is 19.4 Å². The molecule has 0 aliphatic carbocycles. The van der Waals surface area contributed by atoms with Crippen molar-refractivity contribution in [2.45, 2.75) is 37.3 Å². The summed E-state index contributed by atoms with van der Waals surface area (Å²) in [5.41, 5.74) is 1.18. The highest BCUT2D eigenvalue weighted by atomic mass is 32.2. The van der Waals surface area contributed by atoms with Gasteiger partial charge in [0.2, 0.25) is 5.91 Å². The van der Waals surface area contributed by atoms with Crippen molar-refractivity contribution in [2.24, 2.45) is 0 Å². The molecule has 3 rings (SSSR count). The Hall–Kier alpha value is -2.00. The van der Waals surface area contributed by atoms with E-state index in [1.807, 2.05) is 6.92 Å². The predicted molar refractivity (Wildman–Crippen MR) is 81.7 cm³/mol. The number of fused-ring (bicyclic) bond motifs is 1. The van der Waals surface area contributed by atoms with Gasteiger partial charge in [-0.1, -0.05) is 18.2 Å². The van der Waals surface area contributed by atoms with E-state index < -0.39 is 6.04 Å². The van der Waals surface area contributed by atoms with E-state index >= 15 is 0 Å². The number of thioether (sulfide) groups is 1. The molecule has 6 heteroatoms. The normalized spacial score (nSPS) is 26.6. The number of nitriles is 1. The van der Waals surface area contributed by atoms with Gasteiger partial charge >= 0.3 is 5.97 Å². The number of rotatable bonds is 3. The van der Waals surface area contributed by atoms with Gasteiger partial charge in [0.1, 0.15) is 12.6 Å². The van der Waals surface area contributed by atoms with Crippen LogP contribution in [0.3, 0.4) is 0 Å². The van der Waals surface area contributed by atoms with Crippen LogP contribution in [0.5, 0.6) is 0 Å². The molecular formula is C16H16N2O3S. The zero-order valence-electron chi connectivity index (χ0n) is 12.2. The number of carbonyl (C=O) groups excluding carboxylic acids is 2. The maximum Gasteiger partial charge on any atom is 0.330 e. The third-order valence-electron chi connectivity index (χ3n) is 4.22. The van der Waals surface area contributed by atoms with E-state index in [4.69, 9.17) is 10.00 Å². The second-order valence-electron chi connectivity index (χ2n) is 5.64. The molecule has 1 aromatic carbocycles. The third-order valence-corrected chi connectivity index (χ3v) is 5.73. The SMILES string of the molecule is C[C@]12CCC(=O)N1[C@H](C(=O)OCc1ccccc1C#N)CS2. The van der Waals surface area contributed by atoms with Gasteiger partial charge in [-0.25, -0.2) is 4.79 Å². The molecule has 0 N–H and O–H groups in total. The minimum absolute atomic E-state index is 0.0203. The second kappa shape index (κ2) is 5.65. The predicted octanol–water partition coefficient (Wildman–Crippen LogP) is 2.06. The lowest BCUT2D eigenvalue weighted by Crippen LogP contribution is -2.46. The molecule has 0 aromatic heterocycles. The van der Waals surface area contributed by atoms with Gasteiger partial charge in [0.15, 0.2) is 0 Å². The van der Waals surface area contributed by atoms with Crippen LogP contribution in [-0.4, -0.2) is 33.4 Å². The van der Waals surface area contributed by atoms with Crippen LogP contribution in [0.15, 0.2) is 24.3 Å². The van der Waals surface area contributed by atoms with Crippen LogP contribution in [0.1, 0.15) is 30.9 Å². The monoisotopic (exact) mass is 316 g/mol. The molecule has 2 heterocycles. The Balaban J connectivity index is 1.68. The topological polar surface area (TPSA) is 70.4 Å². The Morgan fingerprint density at radius 1 is 1.55 bits per heavy atom. The highest BCUT2D eigenvalue weighted by molar-refractivity contribution is 8.01. The molecule has 2 fully saturated rings. The van der Waals surface area contributed by atoms with E-state index in [0.717, 1.165) is 6.42 Å². The van der Waals surface area contributed by atoms with Crippen molar-refractivity contribution in [3.63, 3.8) is 0 Å². The Kier molecular flexibility index (Phi) is 3.83. The summed E-state index contributed by atoms with van der Waals surface area (Å²) in [6.45, 7) is 2.06. The standard InChI is InChI=1S/C16H16N2O3S/c1-16-7-6-14(19)18(16)13(10-22-16)15(20)21-9-12-5-3-2-4-11(12)8-17/h2-5,13H,6-7,9-10H2,1H3/t13-,16-/m0/s1. The molecule has 1 aromatic rings. The van der Waals surface area contributed by atoms with Crippen LogP contribution in [0.2, 0.25) is 0 Å². The number of nitrogens with zero attached hydrogens (tertiary/aromatic N) is 2. The van der Waals surface area contributed by atoms with E-state index in [-0.39, 0.29) is 23.4 Å². The Morgan fingerprint density at radius 3 is 3.09 bits per heavy atom. The van der Waals surface area contributed by atoms with Crippen molar-refractivity contribution in [2.75, 3.05) is 5.75 Å². The fraction of sp³-hybridized carbons (Fsp3) is 0.438. The molecule has 2 aliphatic rings. The van der Waals surface area contributed by atoms with E-state index in [0.29, 0.717) is 23.3 Å². The van der Waals surface area contributed by atoms with Gasteiger partial charge in [0, 0.05) is 17.7 Å². The van der Waals surface area contributed by atoms with Crippen molar-refractivity contribution in [3.05, 3.63) is 35.4 Å². The minimum Gasteiger partial charge on any atom is -0.459 e. The zero-order chi connectivity index (χ0) is 15.7. The summed E-state index contributed by atoms with van der Waals surface area (Å²) in [6, 6.07) is 8.59. The van der Waals surface area contributed by atoms with Crippen LogP contribution < -0.4 is 0 Å². The number of benzene rings is 1. The molecule has 5 nitrogen and oxygen atoms in total. The molecule has 0 saturated carbocycles. The average Bonchev–Trinajstić information content (AvgIpc) is 3.02. The average molecular weight is 316 g/mol. The molecule has 2 atom stereocenters. The van der Waals surface area contributed by atoms with Gasteiger partial charge in [-0.2, -0.15) is 5.26 Å². The molecule has 22 heavy (non-hydrogen) atoms. The molecule has 0 bridgehead atoms. The lowest BCUT2D eigenvalue weighted by Gasteiger charge is -2.29. The number of amides is 1. The van der Waals surface area contributed by atoms with Gasteiger partial charge < -0.3 is 9.64 Å². The maximum atomic E-state index is 12.3. The van der Waals surface area contributed by atoms with Crippen molar-refractivity contribution < 1.29 is 14.3 Å². The molecule has 0 unspecified atom stereocenters. The Bertz CT molecular complexity index is 670. The van der Waals surface area contributed by atoms with E-state index in [9.17, 15) is 9.59 Å². The van der Waals surface area contributed by atoms with E-state index in [2.05, 4.69) is 6.07 Å². The van der Waals surface area contributed by atoms with Gasteiger partial charge in [-0.15, -0.1) is 11.8 Å². The van der Waals surface area contributed by atoms with Crippen LogP contribution >= 0.6 is 11.8 Å². The number of carbonyl (C=O) groups is 2. The van der Waals surface area contributed by atoms with Crippen LogP contribution in [0.4, 0.5) is 0 Å². The maximum absolute atomic E-state index is 12.3. The summed E-state index contributed by atoms with van der Waals surface area (Å²) in [6.07, 6.45) is 1.27. The summed E-state index contributed by atoms with van der Waals surface area (Å²) < 4.78 is 5.36. The first-order valence-corrected chi connectivity index (χ1v) is 8.14. The van der Waals surface area contributed by atoms with E-state index in [1.165, 1.54) is 0 Å². The minimum atomic E-state index is -0.515. The van der Waals surface area contributed by atoms with Crippen LogP contribution in [-0.2, 0) is 20.9 Å². The summed E-state index contributed by atoms with van der Waals surface area (Å²) in [4.78, 5) is 25.8. The fourth-order valence-electron chi connectivity index (χ4n) is 3.00. The quantitative estimate of drug-likeness (QED) is 0.798. The fourth-order valence-corrected chi connectivity index (χ4v) is 4.41. The number of hydrogen-bond donors (Lipinski definition) is 0. The van der Waals surface area contributed by atoms with E-state index in [1.54, 1.807) is 40.9 Å². The van der Waals surface area contributed by atoms with Crippen molar-refractivity contribution in [1.82, 2.24) is 4.90 Å². The van der Waals surface area contributed by atoms with Gasteiger partial charge in [0.05, 0.1) is 16.5 Å². The third kappa shape index (κ3) is 2.46. The van der Waals surface area contributed by atoms with Gasteiger partial charge in [0.25, 0.3) is 0 Å². The molecule has 1 amide bonds. The lowest BCUT2D eigenvalue weighted by molar-refractivity contribution is -0.154. The Morgan fingerprint density at radius 2 is 2.32 bits per heavy atom. The molecule has 2 aliphatic heterocycles. The molecule has 0 spiro atoms. The Labute approximate surface area is 133 Å².